The number of hydrogen-bond donors (Lipinski definition) is 1. The molecular formula is C13H18FNO3S. The number of rotatable bonds is 3. The lowest BCUT2D eigenvalue weighted by atomic mass is 9.99. The van der Waals surface area contributed by atoms with E-state index < -0.39 is 26.9 Å². The molecule has 1 aliphatic heterocycles. The lowest BCUT2D eigenvalue weighted by Crippen LogP contribution is -2.38. The summed E-state index contributed by atoms with van der Waals surface area (Å²) in [5, 5.41) is -0.656. The van der Waals surface area contributed by atoms with E-state index in [2.05, 4.69) is 0 Å². The third-order valence-electron chi connectivity index (χ3n) is 3.58. The third-order valence-corrected chi connectivity index (χ3v) is 5.89. The maximum atomic E-state index is 13.3. The second-order valence-corrected chi connectivity index (χ2v) is 7.15. The van der Waals surface area contributed by atoms with Crippen molar-refractivity contribution in [2.24, 2.45) is 5.73 Å². The maximum absolute atomic E-state index is 13.3. The second kappa shape index (κ2) is 5.46. The number of sulfone groups is 1. The van der Waals surface area contributed by atoms with Crippen molar-refractivity contribution >= 4 is 9.84 Å². The number of benzene rings is 1. The smallest absolute Gasteiger partial charge is 0.155 e. The first kappa shape index (κ1) is 14.3. The fourth-order valence-electron chi connectivity index (χ4n) is 2.55. The van der Waals surface area contributed by atoms with Gasteiger partial charge in [0.15, 0.2) is 9.84 Å². The van der Waals surface area contributed by atoms with Crippen LogP contribution in [0.1, 0.15) is 30.9 Å². The second-order valence-electron chi connectivity index (χ2n) is 4.81. The molecule has 1 fully saturated rings. The van der Waals surface area contributed by atoms with Gasteiger partial charge >= 0.3 is 0 Å². The summed E-state index contributed by atoms with van der Waals surface area (Å²) in [5.74, 6) is 0.136. The lowest BCUT2D eigenvalue weighted by molar-refractivity contribution is 0.400. The van der Waals surface area contributed by atoms with Crippen LogP contribution in [0.15, 0.2) is 18.2 Å². The van der Waals surface area contributed by atoms with Crippen LogP contribution in [0.25, 0.3) is 0 Å². The van der Waals surface area contributed by atoms with Crippen molar-refractivity contribution in [3.05, 3.63) is 29.6 Å². The van der Waals surface area contributed by atoms with Gasteiger partial charge in [0.2, 0.25) is 0 Å². The first-order valence-electron chi connectivity index (χ1n) is 6.26. The van der Waals surface area contributed by atoms with E-state index in [0.717, 1.165) is 6.42 Å². The van der Waals surface area contributed by atoms with Gasteiger partial charge in [0.05, 0.1) is 24.2 Å². The zero-order valence-electron chi connectivity index (χ0n) is 10.8. The fourth-order valence-corrected chi connectivity index (χ4v) is 4.58. The highest BCUT2D eigenvalue weighted by Gasteiger charge is 2.35. The minimum atomic E-state index is -3.21. The highest BCUT2D eigenvalue weighted by molar-refractivity contribution is 7.92. The average Bonchev–Trinajstić information content (AvgIpc) is 2.37. The molecule has 1 aromatic rings. The number of nitrogens with two attached hydrogens (primary N) is 1. The van der Waals surface area contributed by atoms with Crippen LogP contribution in [0.4, 0.5) is 4.39 Å². The normalized spacial score (nSPS) is 23.8. The summed E-state index contributed by atoms with van der Waals surface area (Å²) in [6.07, 6.45) is 2.02. The molecule has 1 heterocycles. The van der Waals surface area contributed by atoms with Crippen LogP contribution in [0.5, 0.6) is 5.75 Å². The minimum absolute atomic E-state index is 0.156. The molecule has 0 aromatic heterocycles. The van der Waals surface area contributed by atoms with Crippen molar-refractivity contribution in [2.75, 3.05) is 12.9 Å². The van der Waals surface area contributed by atoms with Gasteiger partial charge in [-0.3, -0.25) is 0 Å². The standard InChI is InChI=1S/C13H18FNO3S/c1-18-11-6-5-9(14)8-10(11)13(15)12-4-2-3-7-19(12,16)17/h5-6,8,12-13H,2-4,7,15H2,1H3. The van der Waals surface area contributed by atoms with E-state index in [1.54, 1.807) is 0 Å². The summed E-state index contributed by atoms with van der Waals surface area (Å²) in [5.41, 5.74) is 6.48. The van der Waals surface area contributed by atoms with Gasteiger partial charge in [0.1, 0.15) is 11.6 Å². The van der Waals surface area contributed by atoms with E-state index in [4.69, 9.17) is 10.5 Å². The van der Waals surface area contributed by atoms with Gasteiger partial charge < -0.3 is 10.5 Å². The molecule has 0 saturated carbocycles. The summed E-state index contributed by atoms with van der Waals surface area (Å²) in [6.45, 7) is 0. The van der Waals surface area contributed by atoms with Crippen LogP contribution < -0.4 is 10.5 Å². The molecule has 0 spiro atoms. The molecule has 0 bridgehead atoms. The number of ether oxygens (including phenoxy) is 1. The SMILES string of the molecule is COc1ccc(F)cc1C(N)C1CCCCS1(=O)=O. The molecule has 0 radical (unpaired) electrons. The maximum Gasteiger partial charge on any atom is 0.155 e. The van der Waals surface area contributed by atoms with Crippen molar-refractivity contribution in [1.29, 1.82) is 0 Å². The molecule has 1 aromatic carbocycles. The third kappa shape index (κ3) is 2.90. The summed E-state index contributed by atoms with van der Waals surface area (Å²) in [4.78, 5) is 0. The summed E-state index contributed by atoms with van der Waals surface area (Å²) in [7, 11) is -1.75. The van der Waals surface area contributed by atoms with Crippen LogP contribution in [0, 0.1) is 5.82 Å². The van der Waals surface area contributed by atoms with Crippen LogP contribution in [0.2, 0.25) is 0 Å². The largest absolute Gasteiger partial charge is 0.496 e. The van der Waals surface area contributed by atoms with Gasteiger partial charge in [0.25, 0.3) is 0 Å². The molecule has 6 heteroatoms. The molecule has 4 nitrogen and oxygen atoms in total. The molecule has 106 valence electrons. The van der Waals surface area contributed by atoms with Gasteiger partial charge in [-0.05, 0) is 31.0 Å². The Labute approximate surface area is 112 Å². The summed E-state index contributed by atoms with van der Waals surface area (Å²) >= 11 is 0. The number of methoxy groups -OCH3 is 1. The van der Waals surface area contributed by atoms with Crippen molar-refractivity contribution in [3.8, 4) is 5.75 Å². The summed E-state index contributed by atoms with van der Waals surface area (Å²) < 4.78 is 42.6. The van der Waals surface area contributed by atoms with Gasteiger partial charge in [-0.1, -0.05) is 6.42 Å². The van der Waals surface area contributed by atoms with E-state index in [1.165, 1.54) is 25.3 Å². The number of hydrogen-bond acceptors (Lipinski definition) is 4. The monoisotopic (exact) mass is 287 g/mol. The van der Waals surface area contributed by atoms with Gasteiger partial charge in [-0.25, -0.2) is 12.8 Å². The molecule has 19 heavy (non-hydrogen) atoms. The molecule has 1 aliphatic rings. The van der Waals surface area contributed by atoms with E-state index in [0.29, 0.717) is 24.2 Å². The Morgan fingerprint density at radius 3 is 2.79 bits per heavy atom. The van der Waals surface area contributed by atoms with E-state index in [-0.39, 0.29) is 5.75 Å². The molecule has 2 atom stereocenters. The first-order valence-corrected chi connectivity index (χ1v) is 7.98. The topological polar surface area (TPSA) is 69.4 Å². The van der Waals surface area contributed by atoms with Gasteiger partial charge in [-0.2, -0.15) is 0 Å². The van der Waals surface area contributed by atoms with Crippen molar-refractivity contribution < 1.29 is 17.5 Å². The quantitative estimate of drug-likeness (QED) is 0.920. The highest BCUT2D eigenvalue weighted by atomic mass is 32.2. The van der Waals surface area contributed by atoms with Gasteiger partial charge in [-0.15, -0.1) is 0 Å². The van der Waals surface area contributed by atoms with Crippen LogP contribution in [-0.2, 0) is 9.84 Å². The molecule has 2 rings (SSSR count). The van der Waals surface area contributed by atoms with E-state index in [1.807, 2.05) is 0 Å². The fraction of sp³-hybridized carbons (Fsp3) is 0.538. The number of halogens is 1. The van der Waals surface area contributed by atoms with Crippen LogP contribution in [-0.4, -0.2) is 26.5 Å². The Morgan fingerprint density at radius 1 is 1.42 bits per heavy atom. The zero-order chi connectivity index (χ0) is 14.0. The zero-order valence-corrected chi connectivity index (χ0v) is 11.6. The predicted octanol–water partition coefficient (Wildman–Crippen LogP) is 1.80. The molecule has 2 N–H and O–H groups in total. The summed E-state index contributed by atoms with van der Waals surface area (Å²) in [6, 6.07) is 3.24. The predicted molar refractivity (Wildman–Crippen MR) is 71.3 cm³/mol. The highest BCUT2D eigenvalue weighted by Crippen LogP contribution is 2.33. The Kier molecular flexibility index (Phi) is 4.10. The molecule has 1 saturated heterocycles. The van der Waals surface area contributed by atoms with Gasteiger partial charge in [0, 0.05) is 5.56 Å². The van der Waals surface area contributed by atoms with E-state index in [9.17, 15) is 12.8 Å². The molecular weight excluding hydrogens is 269 g/mol. The van der Waals surface area contributed by atoms with Crippen molar-refractivity contribution in [3.63, 3.8) is 0 Å². The first-order chi connectivity index (χ1) is 8.95. The van der Waals surface area contributed by atoms with Crippen molar-refractivity contribution in [1.82, 2.24) is 0 Å². The molecule has 2 unspecified atom stereocenters. The lowest BCUT2D eigenvalue weighted by Gasteiger charge is -2.28. The Hall–Kier alpha value is -1.14. The van der Waals surface area contributed by atoms with Crippen LogP contribution >= 0.6 is 0 Å². The van der Waals surface area contributed by atoms with Crippen molar-refractivity contribution in [2.45, 2.75) is 30.6 Å². The van der Waals surface area contributed by atoms with Crippen LogP contribution in [0.3, 0.4) is 0 Å². The van der Waals surface area contributed by atoms with E-state index >= 15 is 0 Å². The Balaban J connectivity index is 2.38. The Morgan fingerprint density at radius 2 is 2.16 bits per heavy atom. The average molecular weight is 287 g/mol. The Bertz CT molecular complexity index is 559. The molecule has 0 aliphatic carbocycles. The molecule has 0 amide bonds. The minimum Gasteiger partial charge on any atom is -0.496 e.